The molecule has 2 amide bonds. The van der Waals surface area contributed by atoms with E-state index in [-0.39, 0.29) is 18.4 Å². The third-order valence-corrected chi connectivity index (χ3v) is 3.84. The number of likely N-dealkylation sites (tertiary alicyclic amines) is 1. The number of ether oxygens (including phenoxy) is 1. The Morgan fingerprint density at radius 2 is 2.14 bits per heavy atom. The Balaban J connectivity index is 1.98. The second kappa shape index (κ2) is 6.22. The molecule has 0 saturated carbocycles. The zero-order valence-electron chi connectivity index (χ0n) is 11.9. The Labute approximate surface area is 127 Å². The number of carboxylic acids is 1. The van der Waals surface area contributed by atoms with Crippen LogP contribution in [-0.4, -0.2) is 42.2 Å². The van der Waals surface area contributed by atoms with Gasteiger partial charge in [0.15, 0.2) is 0 Å². The molecule has 1 aromatic rings. The first kappa shape index (κ1) is 15.4. The van der Waals surface area contributed by atoms with E-state index in [1.54, 1.807) is 17.0 Å². The van der Waals surface area contributed by atoms with E-state index in [0.717, 1.165) is 5.56 Å². The molecule has 1 fully saturated rings. The van der Waals surface area contributed by atoms with Crippen LogP contribution in [0.5, 0.6) is 5.75 Å². The molecule has 2 N–H and O–H groups in total. The summed E-state index contributed by atoms with van der Waals surface area (Å²) in [6.45, 7) is 2.74. The molecule has 114 valence electrons. The van der Waals surface area contributed by atoms with Crippen molar-refractivity contribution in [3.05, 3.63) is 22.7 Å². The standard InChI is InChI=1S/C14H17ClN2O4/c1-8-3-11(12(21-2)5-10(8)15)16-14(20)17-6-9(7-17)4-13(18)19/h3,5,9H,4,6-7H2,1-2H3,(H,16,20)(H,18,19). The lowest BCUT2D eigenvalue weighted by molar-refractivity contribution is -0.139. The van der Waals surface area contributed by atoms with Gasteiger partial charge in [-0.05, 0) is 18.6 Å². The van der Waals surface area contributed by atoms with Crippen LogP contribution in [-0.2, 0) is 4.79 Å². The maximum absolute atomic E-state index is 12.1. The number of anilines is 1. The molecular formula is C14H17ClN2O4. The Hall–Kier alpha value is -1.95. The molecule has 0 aliphatic carbocycles. The van der Waals surface area contributed by atoms with E-state index in [9.17, 15) is 9.59 Å². The third-order valence-electron chi connectivity index (χ3n) is 3.43. The van der Waals surface area contributed by atoms with E-state index in [1.807, 2.05) is 6.92 Å². The summed E-state index contributed by atoms with van der Waals surface area (Å²) in [5.41, 5.74) is 1.38. The number of hydrogen-bond donors (Lipinski definition) is 2. The molecule has 0 aromatic heterocycles. The minimum absolute atomic E-state index is 0.0297. The van der Waals surface area contributed by atoms with Crippen molar-refractivity contribution in [1.82, 2.24) is 4.90 Å². The van der Waals surface area contributed by atoms with Crippen molar-refractivity contribution in [3.63, 3.8) is 0 Å². The number of nitrogens with zero attached hydrogens (tertiary/aromatic N) is 1. The lowest BCUT2D eigenvalue weighted by Crippen LogP contribution is -2.52. The summed E-state index contributed by atoms with van der Waals surface area (Å²) in [6.07, 6.45) is 0.0904. The van der Waals surface area contributed by atoms with Gasteiger partial charge in [0.1, 0.15) is 5.75 Å². The summed E-state index contributed by atoms with van der Waals surface area (Å²) in [6, 6.07) is 3.13. The predicted molar refractivity (Wildman–Crippen MR) is 79.1 cm³/mol. The normalized spacial score (nSPS) is 14.5. The number of nitrogens with one attached hydrogen (secondary N) is 1. The van der Waals surface area contributed by atoms with Crippen LogP contribution < -0.4 is 10.1 Å². The van der Waals surface area contributed by atoms with Crippen molar-refractivity contribution in [2.45, 2.75) is 13.3 Å². The Morgan fingerprint density at radius 3 is 2.71 bits per heavy atom. The van der Waals surface area contributed by atoms with E-state index < -0.39 is 5.97 Å². The number of carbonyl (C=O) groups is 2. The van der Waals surface area contributed by atoms with Crippen molar-refractivity contribution in [2.24, 2.45) is 5.92 Å². The van der Waals surface area contributed by atoms with Gasteiger partial charge in [0.25, 0.3) is 0 Å². The summed E-state index contributed by atoms with van der Waals surface area (Å²) < 4.78 is 5.19. The number of rotatable bonds is 4. The number of benzene rings is 1. The highest BCUT2D eigenvalue weighted by Crippen LogP contribution is 2.31. The van der Waals surface area contributed by atoms with Gasteiger partial charge in [-0.1, -0.05) is 11.6 Å². The van der Waals surface area contributed by atoms with Crippen molar-refractivity contribution < 1.29 is 19.4 Å². The van der Waals surface area contributed by atoms with Gasteiger partial charge in [0.05, 0.1) is 19.2 Å². The highest BCUT2D eigenvalue weighted by Gasteiger charge is 2.32. The minimum Gasteiger partial charge on any atom is -0.495 e. The average Bonchev–Trinajstić information content (AvgIpc) is 2.36. The Bertz CT molecular complexity index is 570. The molecule has 1 heterocycles. The van der Waals surface area contributed by atoms with Gasteiger partial charge in [-0.3, -0.25) is 4.79 Å². The number of aryl methyl sites for hydroxylation is 1. The monoisotopic (exact) mass is 312 g/mol. The molecule has 0 unspecified atom stereocenters. The van der Waals surface area contributed by atoms with Crippen molar-refractivity contribution >= 4 is 29.3 Å². The number of carbonyl (C=O) groups excluding carboxylic acids is 1. The number of urea groups is 1. The van der Waals surface area contributed by atoms with Crippen molar-refractivity contribution in [1.29, 1.82) is 0 Å². The minimum atomic E-state index is -0.838. The largest absolute Gasteiger partial charge is 0.495 e. The van der Waals surface area contributed by atoms with Crippen molar-refractivity contribution in [2.75, 3.05) is 25.5 Å². The summed E-state index contributed by atoms with van der Waals surface area (Å²) in [5, 5.41) is 12.0. The van der Waals surface area contributed by atoms with Gasteiger partial charge in [0, 0.05) is 30.1 Å². The second-order valence-electron chi connectivity index (χ2n) is 5.10. The summed E-state index contributed by atoms with van der Waals surface area (Å²) >= 11 is 6.01. The van der Waals surface area contributed by atoms with Gasteiger partial charge in [-0.15, -0.1) is 0 Å². The van der Waals surface area contributed by atoms with Gasteiger partial charge in [-0.25, -0.2) is 4.79 Å². The zero-order chi connectivity index (χ0) is 15.6. The van der Waals surface area contributed by atoms with E-state index in [4.69, 9.17) is 21.4 Å². The molecule has 0 spiro atoms. The predicted octanol–water partition coefficient (Wildman–Crippen LogP) is 2.60. The molecule has 1 aliphatic heterocycles. The summed E-state index contributed by atoms with van der Waals surface area (Å²) in [5.74, 6) is -0.321. The number of amides is 2. The SMILES string of the molecule is COc1cc(Cl)c(C)cc1NC(=O)N1CC(CC(=O)O)C1. The quantitative estimate of drug-likeness (QED) is 0.895. The highest BCUT2D eigenvalue weighted by molar-refractivity contribution is 6.31. The number of hydrogen-bond acceptors (Lipinski definition) is 3. The van der Waals surface area contributed by atoms with Gasteiger partial charge in [0.2, 0.25) is 0 Å². The lowest BCUT2D eigenvalue weighted by atomic mass is 9.97. The van der Waals surface area contributed by atoms with Crippen LogP contribution in [0.25, 0.3) is 0 Å². The molecule has 1 aliphatic rings. The first-order valence-electron chi connectivity index (χ1n) is 6.52. The van der Waals surface area contributed by atoms with Crippen LogP contribution in [0.2, 0.25) is 5.02 Å². The van der Waals surface area contributed by atoms with Gasteiger partial charge < -0.3 is 20.1 Å². The number of carboxylic acid groups (broad SMARTS) is 1. The second-order valence-corrected chi connectivity index (χ2v) is 5.51. The topological polar surface area (TPSA) is 78.9 Å². The van der Waals surface area contributed by atoms with Crippen LogP contribution in [0, 0.1) is 12.8 Å². The van der Waals surface area contributed by atoms with Crippen LogP contribution in [0.15, 0.2) is 12.1 Å². The average molecular weight is 313 g/mol. The first-order chi connectivity index (χ1) is 9.90. The molecule has 0 atom stereocenters. The third kappa shape index (κ3) is 3.58. The smallest absolute Gasteiger partial charge is 0.321 e. The molecule has 6 nitrogen and oxygen atoms in total. The van der Waals surface area contributed by atoms with Crippen LogP contribution >= 0.6 is 11.6 Å². The van der Waals surface area contributed by atoms with Crippen molar-refractivity contribution in [3.8, 4) is 5.75 Å². The van der Waals surface area contributed by atoms with E-state index >= 15 is 0 Å². The molecule has 1 aromatic carbocycles. The molecule has 0 bridgehead atoms. The van der Waals surface area contributed by atoms with E-state index in [0.29, 0.717) is 29.5 Å². The number of halogens is 1. The van der Waals surface area contributed by atoms with Crippen LogP contribution in [0.4, 0.5) is 10.5 Å². The Kier molecular flexibility index (Phi) is 4.57. The van der Waals surface area contributed by atoms with Gasteiger partial charge >= 0.3 is 12.0 Å². The summed E-state index contributed by atoms with van der Waals surface area (Å²) in [7, 11) is 1.50. The summed E-state index contributed by atoms with van der Waals surface area (Å²) in [4.78, 5) is 24.2. The fourth-order valence-corrected chi connectivity index (χ4v) is 2.39. The Morgan fingerprint density at radius 1 is 1.48 bits per heavy atom. The molecule has 21 heavy (non-hydrogen) atoms. The zero-order valence-corrected chi connectivity index (χ0v) is 12.6. The number of methoxy groups -OCH3 is 1. The fourth-order valence-electron chi connectivity index (χ4n) is 2.24. The molecule has 0 radical (unpaired) electrons. The van der Waals surface area contributed by atoms with Gasteiger partial charge in [-0.2, -0.15) is 0 Å². The van der Waals surface area contributed by atoms with E-state index in [2.05, 4.69) is 5.32 Å². The van der Waals surface area contributed by atoms with Crippen LogP contribution in [0.3, 0.4) is 0 Å². The van der Waals surface area contributed by atoms with E-state index in [1.165, 1.54) is 7.11 Å². The lowest BCUT2D eigenvalue weighted by Gasteiger charge is -2.38. The number of aliphatic carboxylic acids is 1. The fraction of sp³-hybridized carbons (Fsp3) is 0.429. The molecule has 1 saturated heterocycles. The maximum Gasteiger partial charge on any atom is 0.321 e. The highest BCUT2D eigenvalue weighted by atomic mass is 35.5. The first-order valence-corrected chi connectivity index (χ1v) is 6.90. The van der Waals surface area contributed by atoms with Crippen LogP contribution in [0.1, 0.15) is 12.0 Å². The maximum atomic E-state index is 12.1. The molecular weight excluding hydrogens is 296 g/mol. The molecule has 2 rings (SSSR count). The molecule has 7 heteroatoms.